The van der Waals surface area contributed by atoms with Gasteiger partial charge >= 0.3 is 0 Å². The highest BCUT2D eigenvalue weighted by atomic mass is 16.5. The van der Waals surface area contributed by atoms with E-state index >= 15 is 0 Å². The Morgan fingerprint density at radius 3 is 2.29 bits per heavy atom. The van der Waals surface area contributed by atoms with Crippen LogP contribution in [-0.4, -0.2) is 7.11 Å². The van der Waals surface area contributed by atoms with Crippen LogP contribution in [0.2, 0.25) is 0 Å². The second-order valence-corrected chi connectivity index (χ2v) is 4.12. The first-order valence-corrected chi connectivity index (χ1v) is 5.66. The largest absolute Gasteiger partial charge is 0.497 e. The van der Waals surface area contributed by atoms with Crippen molar-refractivity contribution in [2.24, 2.45) is 0 Å². The average molecular weight is 226 g/mol. The Morgan fingerprint density at radius 2 is 1.71 bits per heavy atom. The normalized spacial score (nSPS) is 12.1. The molecule has 1 N–H and O–H groups in total. The van der Waals surface area contributed by atoms with Gasteiger partial charge in [-0.05, 0) is 35.4 Å². The van der Waals surface area contributed by atoms with E-state index in [0.29, 0.717) is 11.6 Å². The topological polar surface area (TPSA) is 33.0 Å². The molecule has 2 nitrogen and oxygen atoms in total. The van der Waals surface area contributed by atoms with Crippen molar-refractivity contribution in [1.82, 2.24) is 5.73 Å². The van der Waals surface area contributed by atoms with Crippen molar-refractivity contribution in [3.63, 3.8) is 0 Å². The van der Waals surface area contributed by atoms with Crippen LogP contribution in [0.5, 0.6) is 5.75 Å². The molecule has 2 aromatic rings. The molecule has 0 aliphatic heterocycles. The standard InChI is InChI=1S/C15H16NO/c1-11(13-4-3-5-14(16)10-13)12-6-8-15(17-2)9-7-12/h3-11,16H,1-2H3. The fraction of sp³-hybridized carbons (Fsp3) is 0.200. The number of rotatable bonds is 3. The highest BCUT2D eigenvalue weighted by Crippen LogP contribution is 2.26. The molecule has 0 aromatic heterocycles. The maximum Gasteiger partial charge on any atom is 0.118 e. The number of benzene rings is 2. The van der Waals surface area contributed by atoms with Gasteiger partial charge in [0.1, 0.15) is 5.75 Å². The molecule has 1 unspecified atom stereocenters. The molecule has 2 heteroatoms. The van der Waals surface area contributed by atoms with Crippen molar-refractivity contribution in [2.45, 2.75) is 12.8 Å². The molecular formula is C15H16NO. The quantitative estimate of drug-likeness (QED) is 0.784. The summed E-state index contributed by atoms with van der Waals surface area (Å²) in [6.07, 6.45) is 0. The molecule has 2 rings (SSSR count). The molecular weight excluding hydrogens is 210 g/mol. The number of methoxy groups -OCH3 is 1. The van der Waals surface area contributed by atoms with Gasteiger partial charge in [0, 0.05) is 5.92 Å². The van der Waals surface area contributed by atoms with Crippen molar-refractivity contribution in [1.29, 1.82) is 0 Å². The van der Waals surface area contributed by atoms with Crippen LogP contribution in [0.25, 0.3) is 0 Å². The number of hydrogen-bond donors (Lipinski definition) is 0. The van der Waals surface area contributed by atoms with E-state index in [9.17, 15) is 0 Å². The molecule has 0 fully saturated rings. The summed E-state index contributed by atoms with van der Waals surface area (Å²) in [5.74, 6) is 1.17. The third-order valence-electron chi connectivity index (χ3n) is 3.00. The Balaban J connectivity index is 2.27. The predicted molar refractivity (Wildman–Crippen MR) is 69.7 cm³/mol. The lowest BCUT2D eigenvalue weighted by Gasteiger charge is -2.13. The molecule has 0 saturated heterocycles. The zero-order valence-corrected chi connectivity index (χ0v) is 10.1. The van der Waals surface area contributed by atoms with Crippen molar-refractivity contribution < 1.29 is 4.74 Å². The zero-order valence-electron chi connectivity index (χ0n) is 10.1. The summed E-state index contributed by atoms with van der Waals surface area (Å²) in [7, 11) is 1.67. The summed E-state index contributed by atoms with van der Waals surface area (Å²) in [6.45, 7) is 2.15. The molecule has 17 heavy (non-hydrogen) atoms. The number of nitrogens with one attached hydrogen (secondary N) is 1. The molecule has 1 radical (unpaired) electrons. The lowest BCUT2D eigenvalue weighted by Crippen LogP contribution is -1.96. The first kappa shape index (κ1) is 11.5. The molecule has 0 amide bonds. The molecule has 0 aliphatic rings. The number of ether oxygens (including phenoxy) is 1. The van der Waals surface area contributed by atoms with Gasteiger partial charge in [-0.25, -0.2) is 0 Å². The van der Waals surface area contributed by atoms with E-state index in [4.69, 9.17) is 10.5 Å². The van der Waals surface area contributed by atoms with E-state index in [1.807, 2.05) is 24.3 Å². The Hall–Kier alpha value is -1.96. The first-order valence-electron chi connectivity index (χ1n) is 5.66. The monoisotopic (exact) mass is 226 g/mol. The Morgan fingerprint density at radius 1 is 1.00 bits per heavy atom. The second kappa shape index (κ2) is 4.91. The highest BCUT2D eigenvalue weighted by molar-refractivity contribution is 5.42. The van der Waals surface area contributed by atoms with Crippen LogP contribution in [-0.2, 0) is 0 Å². The molecule has 1 atom stereocenters. The Kier molecular flexibility index (Phi) is 3.33. The van der Waals surface area contributed by atoms with Gasteiger partial charge < -0.3 is 10.5 Å². The van der Waals surface area contributed by atoms with E-state index in [1.54, 1.807) is 13.2 Å². The zero-order chi connectivity index (χ0) is 12.3. The summed E-state index contributed by atoms with van der Waals surface area (Å²) in [5.41, 5.74) is 10.6. The van der Waals surface area contributed by atoms with Gasteiger partial charge in [-0.15, -0.1) is 0 Å². The lowest BCUT2D eigenvalue weighted by atomic mass is 9.93. The molecule has 87 valence electrons. The molecule has 0 saturated carbocycles. The van der Waals surface area contributed by atoms with E-state index < -0.39 is 0 Å². The van der Waals surface area contributed by atoms with Crippen molar-refractivity contribution in [2.75, 3.05) is 7.11 Å². The molecule has 0 spiro atoms. The summed E-state index contributed by atoms with van der Waals surface area (Å²) in [5, 5.41) is 0. The van der Waals surface area contributed by atoms with Crippen LogP contribution in [0, 0.1) is 0 Å². The average Bonchev–Trinajstić information content (AvgIpc) is 2.38. The van der Waals surface area contributed by atoms with Gasteiger partial charge in [0.15, 0.2) is 0 Å². The van der Waals surface area contributed by atoms with Gasteiger partial charge in [0.05, 0.1) is 12.8 Å². The van der Waals surface area contributed by atoms with Gasteiger partial charge in [-0.3, -0.25) is 0 Å². The van der Waals surface area contributed by atoms with Crippen LogP contribution in [0.1, 0.15) is 24.0 Å². The van der Waals surface area contributed by atoms with Crippen molar-refractivity contribution >= 4 is 5.69 Å². The van der Waals surface area contributed by atoms with Crippen LogP contribution in [0.4, 0.5) is 5.69 Å². The molecule has 0 heterocycles. The highest BCUT2D eigenvalue weighted by Gasteiger charge is 2.08. The Labute approximate surface area is 102 Å². The summed E-state index contributed by atoms with van der Waals surface area (Å²) in [4.78, 5) is 0. The van der Waals surface area contributed by atoms with Gasteiger partial charge in [0.2, 0.25) is 0 Å². The second-order valence-electron chi connectivity index (χ2n) is 4.12. The Bertz CT molecular complexity index is 491. The fourth-order valence-electron chi connectivity index (χ4n) is 1.89. The number of hydrogen-bond acceptors (Lipinski definition) is 1. The summed E-state index contributed by atoms with van der Waals surface area (Å²) < 4.78 is 5.14. The third-order valence-corrected chi connectivity index (χ3v) is 3.00. The van der Waals surface area contributed by atoms with Gasteiger partial charge in [-0.1, -0.05) is 31.2 Å². The summed E-state index contributed by atoms with van der Waals surface area (Å²) in [6, 6.07) is 15.8. The van der Waals surface area contributed by atoms with Gasteiger partial charge in [0.25, 0.3) is 0 Å². The maximum absolute atomic E-state index is 7.64. The van der Waals surface area contributed by atoms with Crippen LogP contribution >= 0.6 is 0 Å². The van der Waals surface area contributed by atoms with E-state index in [-0.39, 0.29) is 0 Å². The predicted octanol–water partition coefficient (Wildman–Crippen LogP) is 3.76. The smallest absolute Gasteiger partial charge is 0.118 e. The van der Waals surface area contributed by atoms with Crippen molar-refractivity contribution in [3.8, 4) is 5.75 Å². The molecule has 0 aliphatic carbocycles. The third kappa shape index (κ3) is 2.59. The molecule has 2 aromatic carbocycles. The van der Waals surface area contributed by atoms with Gasteiger partial charge in [-0.2, -0.15) is 0 Å². The van der Waals surface area contributed by atoms with Crippen molar-refractivity contribution in [3.05, 3.63) is 59.7 Å². The first-order chi connectivity index (χ1) is 8.20. The molecule has 0 bridgehead atoms. The minimum Gasteiger partial charge on any atom is -0.497 e. The fourth-order valence-corrected chi connectivity index (χ4v) is 1.89. The minimum absolute atomic E-state index is 0.297. The lowest BCUT2D eigenvalue weighted by molar-refractivity contribution is 0.414. The minimum atomic E-state index is 0.297. The van der Waals surface area contributed by atoms with E-state index in [0.717, 1.165) is 5.75 Å². The SMILES string of the molecule is COc1ccc(C(C)c2cccc([NH])c2)cc1. The van der Waals surface area contributed by atoms with Crippen LogP contribution in [0.3, 0.4) is 0 Å². The van der Waals surface area contributed by atoms with E-state index in [1.165, 1.54) is 11.1 Å². The summed E-state index contributed by atoms with van der Waals surface area (Å²) >= 11 is 0. The van der Waals surface area contributed by atoms with E-state index in [2.05, 4.69) is 25.1 Å². The van der Waals surface area contributed by atoms with Crippen LogP contribution < -0.4 is 10.5 Å². The maximum atomic E-state index is 7.64. The van der Waals surface area contributed by atoms with Crippen LogP contribution in [0.15, 0.2) is 48.5 Å².